The molecule has 2 nitrogen and oxygen atoms in total. The first-order chi connectivity index (χ1) is 4.63. The van der Waals surface area contributed by atoms with Crippen LogP contribution in [0.4, 0.5) is 0 Å². The number of carbonyl (C=O) groups is 1. The van der Waals surface area contributed by atoms with Gasteiger partial charge in [0.15, 0.2) is 5.78 Å². The Hall–Kier alpha value is -0.370. The van der Waals surface area contributed by atoms with Crippen LogP contribution in [0.15, 0.2) is 0 Å². The summed E-state index contributed by atoms with van der Waals surface area (Å²) < 4.78 is 0. The minimum absolute atomic E-state index is 0.194. The Labute approximate surface area is 62.2 Å². The molecule has 0 amide bonds. The van der Waals surface area contributed by atoms with Crippen molar-refractivity contribution in [3.05, 3.63) is 0 Å². The van der Waals surface area contributed by atoms with Crippen LogP contribution in [0.25, 0.3) is 0 Å². The van der Waals surface area contributed by atoms with Gasteiger partial charge in [-0.2, -0.15) is 0 Å². The van der Waals surface area contributed by atoms with Crippen LogP contribution in [0, 0.1) is 5.92 Å². The van der Waals surface area contributed by atoms with E-state index in [1.807, 2.05) is 7.05 Å². The van der Waals surface area contributed by atoms with E-state index in [0.717, 1.165) is 13.0 Å². The predicted octanol–water partition coefficient (Wildman–Crippen LogP) is 0.916. The summed E-state index contributed by atoms with van der Waals surface area (Å²) in [6, 6.07) is 0.194. The van der Waals surface area contributed by atoms with Gasteiger partial charge < -0.3 is 0 Å². The molecule has 1 aliphatic rings. The van der Waals surface area contributed by atoms with E-state index in [2.05, 4.69) is 18.7 Å². The first-order valence-electron chi connectivity index (χ1n) is 3.86. The van der Waals surface area contributed by atoms with Crippen molar-refractivity contribution >= 4 is 5.78 Å². The fraction of sp³-hybridized carbons (Fsp3) is 0.875. The van der Waals surface area contributed by atoms with Gasteiger partial charge in [0, 0.05) is 13.0 Å². The lowest BCUT2D eigenvalue weighted by Crippen LogP contribution is -2.34. The fourth-order valence-corrected chi connectivity index (χ4v) is 1.70. The smallest absolute Gasteiger partial charge is 0.151 e. The highest BCUT2D eigenvalue weighted by molar-refractivity contribution is 5.86. The van der Waals surface area contributed by atoms with E-state index in [4.69, 9.17) is 0 Å². The molecule has 1 saturated heterocycles. The van der Waals surface area contributed by atoms with Crippen LogP contribution >= 0.6 is 0 Å². The van der Waals surface area contributed by atoms with Crippen molar-refractivity contribution < 1.29 is 4.79 Å². The van der Waals surface area contributed by atoms with Gasteiger partial charge in [0.05, 0.1) is 6.04 Å². The first-order valence-corrected chi connectivity index (χ1v) is 3.86. The normalized spacial score (nSPS) is 28.4. The summed E-state index contributed by atoms with van der Waals surface area (Å²) in [5.74, 6) is 0.887. The zero-order valence-electron chi connectivity index (χ0n) is 6.92. The molecule has 0 spiro atoms. The van der Waals surface area contributed by atoms with E-state index in [1.54, 1.807) is 0 Å². The number of hydrogen-bond acceptors (Lipinski definition) is 2. The van der Waals surface area contributed by atoms with E-state index in [0.29, 0.717) is 11.7 Å². The predicted molar refractivity (Wildman–Crippen MR) is 40.9 cm³/mol. The van der Waals surface area contributed by atoms with Gasteiger partial charge in [-0.3, -0.25) is 9.69 Å². The van der Waals surface area contributed by atoms with Crippen LogP contribution in [0.3, 0.4) is 0 Å². The van der Waals surface area contributed by atoms with Gasteiger partial charge in [-0.25, -0.2) is 0 Å². The highest BCUT2D eigenvalue weighted by atomic mass is 16.1. The van der Waals surface area contributed by atoms with E-state index in [-0.39, 0.29) is 6.04 Å². The van der Waals surface area contributed by atoms with Gasteiger partial charge in [0.1, 0.15) is 0 Å². The third kappa shape index (κ3) is 1.21. The third-order valence-electron chi connectivity index (χ3n) is 2.15. The van der Waals surface area contributed by atoms with Crippen LogP contribution < -0.4 is 0 Å². The molecule has 1 aliphatic heterocycles. The number of hydrogen-bond donors (Lipinski definition) is 0. The molecule has 10 heavy (non-hydrogen) atoms. The van der Waals surface area contributed by atoms with Crippen molar-refractivity contribution in [1.82, 2.24) is 4.90 Å². The molecule has 1 unspecified atom stereocenters. The van der Waals surface area contributed by atoms with Crippen LogP contribution in [0.1, 0.15) is 20.3 Å². The summed E-state index contributed by atoms with van der Waals surface area (Å²) >= 11 is 0. The number of ketones is 1. The van der Waals surface area contributed by atoms with E-state index < -0.39 is 0 Å². The SMILES string of the molecule is CC(C)C1C(=O)CCN1C. The quantitative estimate of drug-likeness (QED) is 0.541. The number of likely N-dealkylation sites (N-methyl/N-ethyl adjacent to an activating group) is 1. The molecule has 1 atom stereocenters. The molecule has 0 aromatic carbocycles. The van der Waals surface area contributed by atoms with Gasteiger partial charge in [0.2, 0.25) is 0 Å². The minimum atomic E-state index is 0.194. The van der Waals surface area contributed by atoms with Gasteiger partial charge >= 0.3 is 0 Å². The summed E-state index contributed by atoms with van der Waals surface area (Å²) in [7, 11) is 2.02. The zero-order valence-corrected chi connectivity index (χ0v) is 6.92. The molecule has 0 aromatic rings. The van der Waals surface area contributed by atoms with Crippen molar-refractivity contribution in [3.63, 3.8) is 0 Å². The maximum atomic E-state index is 11.2. The number of likely N-dealkylation sites (tertiary alicyclic amines) is 1. The number of Topliss-reactive ketones (excluding diaryl/α,β-unsaturated/α-hetero) is 1. The van der Waals surface area contributed by atoms with Crippen LogP contribution in [0.5, 0.6) is 0 Å². The lowest BCUT2D eigenvalue weighted by molar-refractivity contribution is -0.120. The summed E-state index contributed by atoms with van der Waals surface area (Å²) in [4.78, 5) is 13.3. The Morgan fingerprint density at radius 1 is 1.60 bits per heavy atom. The molecule has 1 heterocycles. The van der Waals surface area contributed by atoms with Gasteiger partial charge in [-0.15, -0.1) is 0 Å². The topological polar surface area (TPSA) is 20.3 Å². The molecule has 58 valence electrons. The molecule has 0 aromatic heterocycles. The number of carbonyl (C=O) groups excluding carboxylic acids is 1. The Morgan fingerprint density at radius 2 is 2.20 bits per heavy atom. The summed E-state index contributed by atoms with van der Waals surface area (Å²) in [6.45, 7) is 5.15. The molecule has 0 saturated carbocycles. The molecule has 0 bridgehead atoms. The molecular weight excluding hydrogens is 126 g/mol. The van der Waals surface area contributed by atoms with Crippen molar-refractivity contribution in [2.75, 3.05) is 13.6 Å². The number of nitrogens with zero attached hydrogens (tertiary/aromatic N) is 1. The van der Waals surface area contributed by atoms with Crippen molar-refractivity contribution in [2.45, 2.75) is 26.3 Å². The second-order valence-electron chi connectivity index (χ2n) is 3.39. The molecular formula is C8H15NO. The zero-order chi connectivity index (χ0) is 7.72. The summed E-state index contributed by atoms with van der Waals surface area (Å²) in [5, 5.41) is 0. The van der Waals surface area contributed by atoms with Crippen molar-refractivity contribution in [2.24, 2.45) is 5.92 Å². The maximum Gasteiger partial charge on any atom is 0.151 e. The Bertz CT molecular complexity index is 142. The van der Waals surface area contributed by atoms with Crippen LogP contribution in [-0.4, -0.2) is 30.3 Å². The van der Waals surface area contributed by atoms with Crippen LogP contribution in [-0.2, 0) is 4.79 Å². The monoisotopic (exact) mass is 141 g/mol. The van der Waals surface area contributed by atoms with Gasteiger partial charge in [0.25, 0.3) is 0 Å². The highest BCUT2D eigenvalue weighted by Gasteiger charge is 2.31. The van der Waals surface area contributed by atoms with Crippen molar-refractivity contribution in [1.29, 1.82) is 0 Å². The second kappa shape index (κ2) is 2.70. The van der Waals surface area contributed by atoms with Crippen LogP contribution in [0.2, 0.25) is 0 Å². The van der Waals surface area contributed by atoms with Crippen molar-refractivity contribution in [3.8, 4) is 0 Å². The van der Waals surface area contributed by atoms with E-state index in [1.165, 1.54) is 0 Å². The lowest BCUT2D eigenvalue weighted by atomic mass is 10.0. The minimum Gasteiger partial charge on any atom is -0.298 e. The Morgan fingerprint density at radius 3 is 2.40 bits per heavy atom. The second-order valence-corrected chi connectivity index (χ2v) is 3.39. The van der Waals surface area contributed by atoms with E-state index in [9.17, 15) is 4.79 Å². The number of rotatable bonds is 1. The summed E-state index contributed by atoms with van der Waals surface area (Å²) in [6.07, 6.45) is 0.749. The molecule has 1 fully saturated rings. The fourth-order valence-electron chi connectivity index (χ4n) is 1.70. The van der Waals surface area contributed by atoms with E-state index >= 15 is 0 Å². The van der Waals surface area contributed by atoms with Gasteiger partial charge in [-0.05, 0) is 13.0 Å². The Balaban J connectivity index is 2.63. The molecule has 0 N–H and O–H groups in total. The first kappa shape index (κ1) is 7.73. The lowest BCUT2D eigenvalue weighted by Gasteiger charge is -2.20. The maximum absolute atomic E-state index is 11.2. The molecule has 0 aliphatic carbocycles. The Kier molecular flexibility index (Phi) is 2.09. The van der Waals surface area contributed by atoms with Gasteiger partial charge in [-0.1, -0.05) is 13.8 Å². The highest BCUT2D eigenvalue weighted by Crippen LogP contribution is 2.17. The molecule has 1 rings (SSSR count). The molecule has 2 heteroatoms. The average molecular weight is 141 g/mol. The third-order valence-corrected chi connectivity index (χ3v) is 2.15. The summed E-state index contributed by atoms with van der Waals surface area (Å²) in [5.41, 5.74) is 0. The largest absolute Gasteiger partial charge is 0.298 e. The molecule has 0 radical (unpaired) electrons. The average Bonchev–Trinajstić information content (AvgIpc) is 2.11. The standard InChI is InChI=1S/C8H15NO/c1-6(2)8-7(10)4-5-9(8)3/h6,8H,4-5H2,1-3H3.